The van der Waals surface area contributed by atoms with Crippen molar-refractivity contribution in [2.75, 3.05) is 13.2 Å². The van der Waals surface area contributed by atoms with Gasteiger partial charge in [-0.3, -0.25) is 0 Å². The van der Waals surface area contributed by atoms with Crippen molar-refractivity contribution in [1.29, 1.82) is 0 Å². The summed E-state index contributed by atoms with van der Waals surface area (Å²) in [6.45, 7) is 8.43. The molecule has 0 saturated heterocycles. The highest BCUT2D eigenvalue weighted by atomic mass is 16.6. The van der Waals surface area contributed by atoms with Gasteiger partial charge in [0.05, 0.1) is 6.61 Å². The molecule has 0 bridgehead atoms. The van der Waals surface area contributed by atoms with Crippen LogP contribution in [0.1, 0.15) is 39.7 Å². The molecule has 0 aliphatic rings. The third kappa shape index (κ3) is 7.83. The van der Waals surface area contributed by atoms with E-state index in [0.717, 1.165) is 5.56 Å². The predicted octanol–water partition coefficient (Wildman–Crippen LogP) is 2.75. The minimum Gasteiger partial charge on any atom is -0.478 e. The Morgan fingerprint density at radius 2 is 2.14 bits per heavy atom. The van der Waals surface area contributed by atoms with Crippen molar-refractivity contribution in [2.45, 2.75) is 39.7 Å². The maximum absolute atomic E-state index is 11.4. The first-order chi connectivity index (χ1) is 9.90. The molecule has 1 aromatic heterocycles. The molecular weight excluding hydrogens is 268 g/mol. The first-order valence-electron chi connectivity index (χ1n) is 6.95. The van der Waals surface area contributed by atoms with Crippen molar-refractivity contribution in [2.24, 2.45) is 0 Å². The average molecular weight is 290 g/mol. The molecule has 0 aromatic carbocycles. The molecule has 21 heavy (non-hydrogen) atoms. The Labute approximate surface area is 126 Å². The van der Waals surface area contributed by atoms with Crippen LogP contribution in [0.15, 0.2) is 18.3 Å². The zero-order chi connectivity index (χ0) is 15.7. The van der Waals surface area contributed by atoms with Crippen molar-refractivity contribution in [1.82, 2.24) is 10.3 Å². The van der Waals surface area contributed by atoms with Gasteiger partial charge < -0.3 is 14.8 Å². The third-order valence-corrected chi connectivity index (χ3v) is 2.18. The van der Waals surface area contributed by atoms with Gasteiger partial charge in [0.2, 0.25) is 5.88 Å². The predicted molar refractivity (Wildman–Crippen MR) is 81.1 cm³/mol. The molecule has 1 aromatic rings. The number of ether oxygens (including phenoxy) is 2. The van der Waals surface area contributed by atoms with Crippen molar-refractivity contribution >= 4 is 6.09 Å². The average Bonchev–Trinajstić information content (AvgIpc) is 2.38. The number of amides is 1. The Morgan fingerprint density at radius 1 is 1.38 bits per heavy atom. The van der Waals surface area contributed by atoms with E-state index in [1.165, 1.54) is 0 Å². The molecule has 0 aliphatic heterocycles. The van der Waals surface area contributed by atoms with Crippen LogP contribution in [-0.4, -0.2) is 29.8 Å². The monoisotopic (exact) mass is 290 g/mol. The number of hydrogen-bond donors (Lipinski definition) is 1. The van der Waals surface area contributed by atoms with E-state index in [1.807, 2.05) is 33.8 Å². The van der Waals surface area contributed by atoms with Gasteiger partial charge in [0.25, 0.3) is 0 Å². The first kappa shape index (κ1) is 16.8. The largest absolute Gasteiger partial charge is 0.478 e. The van der Waals surface area contributed by atoms with E-state index in [0.29, 0.717) is 25.5 Å². The summed E-state index contributed by atoms with van der Waals surface area (Å²) in [5.74, 6) is 6.54. The fraction of sp³-hybridized carbons (Fsp3) is 0.500. The Hall–Kier alpha value is -2.22. The number of pyridine rings is 1. The second kappa shape index (κ2) is 8.15. The van der Waals surface area contributed by atoms with Crippen LogP contribution in [0.2, 0.25) is 0 Å². The highest BCUT2D eigenvalue weighted by Crippen LogP contribution is 2.07. The van der Waals surface area contributed by atoms with E-state index in [-0.39, 0.29) is 0 Å². The summed E-state index contributed by atoms with van der Waals surface area (Å²) in [6.07, 6.45) is 1.79. The molecule has 0 saturated carbocycles. The fourth-order valence-corrected chi connectivity index (χ4v) is 1.39. The molecular formula is C16H22N2O3. The lowest BCUT2D eigenvalue weighted by Gasteiger charge is -2.19. The van der Waals surface area contributed by atoms with Gasteiger partial charge in [-0.15, -0.1) is 0 Å². The van der Waals surface area contributed by atoms with Gasteiger partial charge in [-0.25, -0.2) is 9.78 Å². The molecule has 0 atom stereocenters. The van der Waals surface area contributed by atoms with E-state index in [1.54, 1.807) is 12.3 Å². The Balaban J connectivity index is 2.31. The number of alkyl carbamates (subject to hydrolysis) is 1. The molecule has 0 radical (unpaired) electrons. The lowest BCUT2D eigenvalue weighted by atomic mass is 10.2. The van der Waals surface area contributed by atoms with Gasteiger partial charge in [0.15, 0.2) is 0 Å². The Morgan fingerprint density at radius 3 is 2.71 bits per heavy atom. The summed E-state index contributed by atoms with van der Waals surface area (Å²) < 4.78 is 10.4. The van der Waals surface area contributed by atoms with Gasteiger partial charge in [-0.1, -0.05) is 11.8 Å². The zero-order valence-electron chi connectivity index (χ0n) is 13.0. The number of nitrogens with zero attached hydrogens (tertiary/aromatic N) is 1. The minimum absolute atomic E-state index is 0.424. The van der Waals surface area contributed by atoms with Gasteiger partial charge in [-0.2, -0.15) is 0 Å². The number of carbonyl (C=O) groups excluding carboxylic acids is 1. The topological polar surface area (TPSA) is 60.5 Å². The molecule has 0 aliphatic carbocycles. The van der Waals surface area contributed by atoms with Crippen molar-refractivity contribution in [3.05, 3.63) is 23.9 Å². The van der Waals surface area contributed by atoms with Crippen LogP contribution in [0.5, 0.6) is 5.88 Å². The summed E-state index contributed by atoms with van der Waals surface area (Å²) in [7, 11) is 0. The van der Waals surface area contributed by atoms with Crippen LogP contribution in [0.25, 0.3) is 0 Å². The third-order valence-electron chi connectivity index (χ3n) is 2.18. The molecule has 1 amide bonds. The van der Waals surface area contributed by atoms with Gasteiger partial charge in [0, 0.05) is 30.8 Å². The first-order valence-corrected chi connectivity index (χ1v) is 6.95. The highest BCUT2D eigenvalue weighted by Gasteiger charge is 2.15. The summed E-state index contributed by atoms with van der Waals surface area (Å²) in [5.41, 5.74) is 0.333. The quantitative estimate of drug-likeness (QED) is 0.684. The second-order valence-corrected chi connectivity index (χ2v) is 5.30. The number of rotatable bonds is 4. The maximum Gasteiger partial charge on any atom is 0.407 e. The van der Waals surface area contributed by atoms with Crippen LogP contribution in [0.4, 0.5) is 4.79 Å². The van der Waals surface area contributed by atoms with Crippen LogP contribution in [-0.2, 0) is 4.74 Å². The van der Waals surface area contributed by atoms with Crippen LogP contribution in [0, 0.1) is 11.8 Å². The summed E-state index contributed by atoms with van der Waals surface area (Å²) in [6, 6.07) is 3.64. The van der Waals surface area contributed by atoms with E-state index in [4.69, 9.17) is 9.47 Å². The molecule has 1 N–H and O–H groups in total. The molecule has 0 unspecified atom stereocenters. The zero-order valence-corrected chi connectivity index (χ0v) is 13.0. The lowest BCUT2D eigenvalue weighted by Crippen LogP contribution is -2.32. The van der Waals surface area contributed by atoms with E-state index in [9.17, 15) is 4.79 Å². The van der Waals surface area contributed by atoms with Crippen molar-refractivity contribution < 1.29 is 14.3 Å². The van der Waals surface area contributed by atoms with E-state index >= 15 is 0 Å². The number of hydrogen-bond acceptors (Lipinski definition) is 4. The fourth-order valence-electron chi connectivity index (χ4n) is 1.39. The Bertz CT molecular complexity index is 507. The summed E-state index contributed by atoms with van der Waals surface area (Å²) in [4.78, 5) is 15.5. The normalized spacial score (nSPS) is 10.3. The molecule has 0 spiro atoms. The summed E-state index contributed by atoms with van der Waals surface area (Å²) in [5, 5.41) is 2.65. The minimum atomic E-state index is -0.482. The van der Waals surface area contributed by atoms with Crippen LogP contribution >= 0.6 is 0 Å². The summed E-state index contributed by atoms with van der Waals surface area (Å²) >= 11 is 0. The molecule has 1 heterocycles. The van der Waals surface area contributed by atoms with E-state index < -0.39 is 11.7 Å². The SMILES string of the molecule is CCOc1ccc(C#CCCNC(=O)OC(C)(C)C)cn1. The van der Waals surface area contributed by atoms with Crippen LogP contribution in [0.3, 0.4) is 0 Å². The standard InChI is InChI=1S/C16H22N2O3/c1-5-20-14-10-9-13(12-18-14)8-6-7-11-17-15(19)21-16(2,3)4/h9-10,12H,5,7,11H2,1-4H3,(H,17,19). The molecule has 5 nitrogen and oxygen atoms in total. The van der Waals surface area contributed by atoms with Gasteiger partial charge in [0.1, 0.15) is 5.60 Å². The lowest BCUT2D eigenvalue weighted by molar-refractivity contribution is 0.0529. The molecule has 5 heteroatoms. The second-order valence-electron chi connectivity index (χ2n) is 5.30. The Kier molecular flexibility index (Phi) is 6.54. The maximum atomic E-state index is 11.4. The van der Waals surface area contributed by atoms with Crippen LogP contribution < -0.4 is 10.1 Å². The molecule has 114 valence electrons. The van der Waals surface area contributed by atoms with Crippen molar-refractivity contribution in [3.63, 3.8) is 0 Å². The molecule has 1 rings (SSSR count). The molecule has 0 fully saturated rings. The smallest absolute Gasteiger partial charge is 0.407 e. The van der Waals surface area contributed by atoms with Crippen molar-refractivity contribution in [3.8, 4) is 17.7 Å². The van der Waals surface area contributed by atoms with Gasteiger partial charge in [-0.05, 0) is 33.8 Å². The van der Waals surface area contributed by atoms with Gasteiger partial charge >= 0.3 is 6.09 Å². The van der Waals surface area contributed by atoms with E-state index in [2.05, 4.69) is 22.1 Å². The number of carbonyl (C=O) groups is 1. The number of nitrogens with one attached hydrogen (secondary N) is 1. The number of aromatic nitrogens is 1. The highest BCUT2D eigenvalue weighted by molar-refractivity contribution is 5.67.